The number of likely N-dealkylation sites (N-methyl/N-ethyl adjacent to an activating group) is 1. The molecule has 0 spiro atoms. The van der Waals surface area contributed by atoms with Gasteiger partial charge in [-0.3, -0.25) is 4.79 Å². The van der Waals surface area contributed by atoms with E-state index in [1.807, 2.05) is 11.9 Å². The fourth-order valence-electron chi connectivity index (χ4n) is 2.75. The third-order valence-corrected chi connectivity index (χ3v) is 4.35. The Bertz CT molecular complexity index is 440. The van der Waals surface area contributed by atoms with E-state index >= 15 is 0 Å². The molecule has 1 saturated heterocycles. The van der Waals surface area contributed by atoms with E-state index in [0.29, 0.717) is 10.6 Å². The van der Waals surface area contributed by atoms with Crippen LogP contribution in [0.5, 0.6) is 0 Å². The second-order valence-corrected chi connectivity index (χ2v) is 5.93. The van der Waals surface area contributed by atoms with Crippen LogP contribution in [0.25, 0.3) is 0 Å². The van der Waals surface area contributed by atoms with Crippen LogP contribution in [-0.4, -0.2) is 48.4 Å². The second-order valence-electron chi connectivity index (χ2n) is 5.49. The highest BCUT2D eigenvalue weighted by Crippen LogP contribution is 2.15. The van der Waals surface area contributed by atoms with Gasteiger partial charge in [-0.1, -0.05) is 18.5 Å². The van der Waals surface area contributed by atoms with E-state index in [2.05, 4.69) is 11.8 Å². The summed E-state index contributed by atoms with van der Waals surface area (Å²) < 4.78 is 0. The van der Waals surface area contributed by atoms with Crippen LogP contribution in [0, 0.1) is 0 Å². The lowest BCUT2D eigenvalue weighted by molar-refractivity contribution is 0.0693. The molecule has 4 heteroatoms. The summed E-state index contributed by atoms with van der Waals surface area (Å²) >= 11 is 5.87. The Morgan fingerprint density at radius 1 is 1.30 bits per heavy atom. The largest absolute Gasteiger partial charge is 0.337 e. The summed E-state index contributed by atoms with van der Waals surface area (Å²) in [5.74, 6) is 0.0766. The maximum atomic E-state index is 12.5. The van der Waals surface area contributed by atoms with E-state index in [1.54, 1.807) is 24.3 Å². The van der Waals surface area contributed by atoms with Gasteiger partial charge in [0.2, 0.25) is 0 Å². The van der Waals surface area contributed by atoms with Crippen molar-refractivity contribution < 1.29 is 4.79 Å². The zero-order chi connectivity index (χ0) is 14.5. The number of carbonyl (C=O) groups excluding carboxylic acids is 1. The topological polar surface area (TPSA) is 23.6 Å². The van der Waals surface area contributed by atoms with Gasteiger partial charge in [0, 0.05) is 30.2 Å². The van der Waals surface area contributed by atoms with Crippen molar-refractivity contribution in [3.63, 3.8) is 0 Å². The van der Waals surface area contributed by atoms with E-state index in [-0.39, 0.29) is 11.9 Å². The average molecular weight is 295 g/mol. The molecule has 1 aromatic carbocycles. The van der Waals surface area contributed by atoms with Crippen LogP contribution in [0.4, 0.5) is 0 Å². The molecule has 0 unspecified atom stereocenters. The highest BCUT2D eigenvalue weighted by molar-refractivity contribution is 6.30. The van der Waals surface area contributed by atoms with E-state index in [9.17, 15) is 4.79 Å². The van der Waals surface area contributed by atoms with Crippen LogP contribution in [0.3, 0.4) is 0 Å². The molecule has 0 radical (unpaired) electrons. The minimum Gasteiger partial charge on any atom is -0.337 e. The maximum Gasteiger partial charge on any atom is 0.253 e. The number of hydrogen-bond donors (Lipinski definition) is 0. The number of amides is 1. The first-order chi connectivity index (χ1) is 9.61. The Balaban J connectivity index is 2.01. The molecule has 0 bridgehead atoms. The number of likely N-dealkylation sites (tertiary alicyclic amines) is 1. The highest BCUT2D eigenvalue weighted by Gasteiger charge is 2.23. The number of benzene rings is 1. The van der Waals surface area contributed by atoms with Gasteiger partial charge in [0.05, 0.1) is 0 Å². The summed E-state index contributed by atoms with van der Waals surface area (Å²) in [4.78, 5) is 16.8. The molecule has 3 nitrogen and oxygen atoms in total. The lowest BCUT2D eigenvalue weighted by atomic mass is 10.1. The van der Waals surface area contributed by atoms with Crippen LogP contribution >= 0.6 is 11.6 Å². The Kier molecular flexibility index (Phi) is 5.44. The van der Waals surface area contributed by atoms with E-state index in [0.717, 1.165) is 13.0 Å². The second kappa shape index (κ2) is 7.09. The number of carbonyl (C=O) groups is 1. The molecule has 2 rings (SSSR count). The molecule has 1 atom stereocenters. The monoisotopic (exact) mass is 294 g/mol. The van der Waals surface area contributed by atoms with Crippen molar-refractivity contribution in [3.8, 4) is 0 Å². The quantitative estimate of drug-likeness (QED) is 0.832. The van der Waals surface area contributed by atoms with Crippen molar-refractivity contribution in [3.05, 3.63) is 34.9 Å². The third-order valence-electron chi connectivity index (χ3n) is 4.10. The van der Waals surface area contributed by atoms with Crippen molar-refractivity contribution in [1.29, 1.82) is 0 Å². The third kappa shape index (κ3) is 3.74. The fraction of sp³-hybridized carbons (Fsp3) is 0.562. The molecule has 1 heterocycles. The van der Waals surface area contributed by atoms with Gasteiger partial charge >= 0.3 is 0 Å². The summed E-state index contributed by atoms with van der Waals surface area (Å²) in [6, 6.07) is 7.40. The van der Waals surface area contributed by atoms with Crippen molar-refractivity contribution in [2.75, 3.05) is 26.7 Å². The van der Waals surface area contributed by atoms with Crippen molar-refractivity contribution in [2.24, 2.45) is 0 Å². The van der Waals surface area contributed by atoms with Gasteiger partial charge in [-0.25, -0.2) is 0 Å². The molecule has 1 aliphatic rings. The molecule has 0 aromatic heterocycles. The van der Waals surface area contributed by atoms with Crippen LogP contribution < -0.4 is 0 Å². The van der Waals surface area contributed by atoms with Gasteiger partial charge in [-0.2, -0.15) is 0 Å². The van der Waals surface area contributed by atoms with E-state index in [4.69, 9.17) is 11.6 Å². The molecule has 110 valence electrons. The minimum absolute atomic E-state index is 0.0766. The van der Waals surface area contributed by atoms with Gasteiger partial charge in [0.25, 0.3) is 5.91 Å². The summed E-state index contributed by atoms with van der Waals surface area (Å²) in [6.45, 7) is 5.46. The van der Waals surface area contributed by atoms with Crippen LogP contribution in [0.2, 0.25) is 5.02 Å². The summed E-state index contributed by atoms with van der Waals surface area (Å²) in [5, 5.41) is 0.660. The van der Waals surface area contributed by atoms with Crippen LogP contribution in [0.15, 0.2) is 24.3 Å². The zero-order valence-electron chi connectivity index (χ0n) is 12.3. The van der Waals surface area contributed by atoms with Gasteiger partial charge in [-0.15, -0.1) is 0 Å². The Hall–Kier alpha value is -1.06. The molecule has 1 aliphatic heterocycles. The molecule has 0 aliphatic carbocycles. The lowest BCUT2D eigenvalue weighted by Crippen LogP contribution is -2.43. The minimum atomic E-state index is 0.0766. The Labute approximate surface area is 126 Å². The molecule has 1 fully saturated rings. The Morgan fingerprint density at radius 3 is 2.45 bits per heavy atom. The standard InChI is InChI=1S/C16H23ClN2O/c1-3-15(12-19-10-4-5-11-19)18(2)16(20)13-6-8-14(17)9-7-13/h6-9,15H,3-5,10-12H2,1-2H3/t15-/m0/s1. The summed E-state index contributed by atoms with van der Waals surface area (Å²) in [6.07, 6.45) is 3.54. The molecule has 0 saturated carbocycles. The predicted octanol–water partition coefficient (Wildman–Crippen LogP) is 3.29. The smallest absolute Gasteiger partial charge is 0.253 e. The fourth-order valence-corrected chi connectivity index (χ4v) is 2.88. The summed E-state index contributed by atoms with van der Waals surface area (Å²) in [7, 11) is 1.90. The normalized spacial score (nSPS) is 17.1. The van der Waals surface area contributed by atoms with Gasteiger partial charge in [0.15, 0.2) is 0 Å². The number of hydrogen-bond acceptors (Lipinski definition) is 2. The molecule has 0 N–H and O–H groups in total. The highest BCUT2D eigenvalue weighted by atomic mass is 35.5. The molecular formula is C16H23ClN2O. The molecule has 1 aromatic rings. The van der Waals surface area contributed by atoms with Crippen molar-refractivity contribution in [2.45, 2.75) is 32.2 Å². The van der Waals surface area contributed by atoms with Crippen LogP contribution in [-0.2, 0) is 0 Å². The molecular weight excluding hydrogens is 272 g/mol. The average Bonchev–Trinajstić information content (AvgIpc) is 2.97. The van der Waals surface area contributed by atoms with Crippen molar-refractivity contribution >= 4 is 17.5 Å². The first kappa shape index (κ1) is 15.3. The molecule has 20 heavy (non-hydrogen) atoms. The first-order valence-corrected chi connectivity index (χ1v) is 7.74. The predicted molar refractivity (Wildman–Crippen MR) is 83.3 cm³/mol. The SMILES string of the molecule is CC[C@@H](CN1CCCC1)N(C)C(=O)c1ccc(Cl)cc1. The van der Waals surface area contributed by atoms with Gasteiger partial charge in [0.1, 0.15) is 0 Å². The van der Waals surface area contributed by atoms with E-state index in [1.165, 1.54) is 25.9 Å². The van der Waals surface area contributed by atoms with Crippen LogP contribution in [0.1, 0.15) is 36.5 Å². The summed E-state index contributed by atoms with van der Waals surface area (Å²) in [5.41, 5.74) is 0.705. The number of halogens is 1. The number of rotatable bonds is 5. The number of nitrogens with zero attached hydrogens (tertiary/aromatic N) is 2. The zero-order valence-corrected chi connectivity index (χ0v) is 13.1. The maximum absolute atomic E-state index is 12.5. The first-order valence-electron chi connectivity index (χ1n) is 7.37. The van der Waals surface area contributed by atoms with E-state index < -0.39 is 0 Å². The van der Waals surface area contributed by atoms with Crippen molar-refractivity contribution in [1.82, 2.24) is 9.80 Å². The Morgan fingerprint density at radius 2 is 1.90 bits per heavy atom. The van der Waals surface area contributed by atoms with Gasteiger partial charge in [-0.05, 0) is 56.6 Å². The van der Waals surface area contributed by atoms with Gasteiger partial charge < -0.3 is 9.80 Å². The molecule has 1 amide bonds. The lowest BCUT2D eigenvalue weighted by Gasteiger charge is -2.31.